The largest absolute Gasteiger partial charge is 0.489 e. The lowest BCUT2D eigenvalue weighted by atomic mass is 10.1. The van der Waals surface area contributed by atoms with Crippen molar-refractivity contribution in [3.05, 3.63) is 101 Å². The minimum atomic E-state index is -0.681. The van der Waals surface area contributed by atoms with Crippen LogP contribution in [0.25, 0.3) is 0 Å². The number of ether oxygens (including phenoxy) is 2. The van der Waals surface area contributed by atoms with Gasteiger partial charge in [0.1, 0.15) is 12.4 Å². The van der Waals surface area contributed by atoms with E-state index in [4.69, 9.17) is 21.1 Å². The lowest BCUT2D eigenvalue weighted by molar-refractivity contribution is -0.135. The number of carbonyl (C=O) groups is 1. The molecule has 0 saturated heterocycles. The maximum absolute atomic E-state index is 12.2. The van der Waals surface area contributed by atoms with Crippen LogP contribution in [0.3, 0.4) is 0 Å². The normalized spacial score (nSPS) is 15.6. The molecule has 0 N–H and O–H groups in total. The second kappa shape index (κ2) is 8.37. The van der Waals surface area contributed by atoms with Crippen molar-refractivity contribution in [1.82, 2.24) is 5.01 Å². The highest BCUT2D eigenvalue weighted by atomic mass is 35.5. The van der Waals surface area contributed by atoms with E-state index in [1.165, 1.54) is 11.9 Å². The summed E-state index contributed by atoms with van der Waals surface area (Å²) in [6, 6.07) is 24.6. The summed E-state index contributed by atoms with van der Waals surface area (Å²) in [6.07, 6.45) is -0.681. The van der Waals surface area contributed by atoms with E-state index in [2.05, 4.69) is 5.10 Å². The van der Waals surface area contributed by atoms with Gasteiger partial charge in [-0.15, -0.1) is 5.10 Å². The van der Waals surface area contributed by atoms with Crippen molar-refractivity contribution in [1.29, 1.82) is 0 Å². The van der Waals surface area contributed by atoms with Crippen molar-refractivity contribution in [2.24, 2.45) is 5.10 Å². The molecular weight excluding hydrogens is 388 g/mol. The van der Waals surface area contributed by atoms with Crippen LogP contribution in [0.15, 0.2) is 84.0 Å². The summed E-state index contributed by atoms with van der Waals surface area (Å²) >= 11 is 6.27. The molecule has 3 aromatic rings. The molecule has 5 nitrogen and oxygen atoms in total. The highest BCUT2D eigenvalue weighted by molar-refractivity contribution is 6.33. The van der Waals surface area contributed by atoms with Crippen LogP contribution in [0.2, 0.25) is 5.02 Å². The predicted molar refractivity (Wildman–Crippen MR) is 112 cm³/mol. The van der Waals surface area contributed by atoms with E-state index in [-0.39, 0.29) is 5.91 Å². The molecule has 1 atom stereocenters. The lowest BCUT2D eigenvalue weighted by Crippen LogP contribution is -2.25. The van der Waals surface area contributed by atoms with E-state index in [0.717, 1.165) is 11.1 Å². The van der Waals surface area contributed by atoms with Crippen LogP contribution < -0.4 is 4.74 Å². The monoisotopic (exact) mass is 406 g/mol. The minimum absolute atomic E-state index is 0.229. The predicted octanol–water partition coefficient (Wildman–Crippen LogP) is 5.16. The van der Waals surface area contributed by atoms with Crippen LogP contribution in [0.1, 0.15) is 29.8 Å². The Balaban J connectivity index is 1.56. The number of hydrogen-bond donors (Lipinski definition) is 0. The van der Waals surface area contributed by atoms with Crippen molar-refractivity contribution in [2.75, 3.05) is 0 Å². The third-order valence-electron chi connectivity index (χ3n) is 4.46. The highest BCUT2D eigenvalue weighted by Gasteiger charge is 2.33. The Morgan fingerprint density at radius 1 is 1.07 bits per heavy atom. The molecule has 0 radical (unpaired) electrons. The van der Waals surface area contributed by atoms with Gasteiger partial charge in [-0.1, -0.05) is 66.2 Å². The first-order chi connectivity index (χ1) is 14.1. The maximum atomic E-state index is 12.2. The number of nitrogens with zero attached hydrogens (tertiary/aromatic N) is 2. The minimum Gasteiger partial charge on any atom is -0.489 e. The maximum Gasteiger partial charge on any atom is 0.243 e. The second-order valence-electron chi connectivity index (χ2n) is 6.57. The zero-order valence-electron chi connectivity index (χ0n) is 15.8. The smallest absolute Gasteiger partial charge is 0.243 e. The Labute approximate surface area is 174 Å². The van der Waals surface area contributed by atoms with Crippen molar-refractivity contribution in [3.63, 3.8) is 0 Å². The van der Waals surface area contributed by atoms with Gasteiger partial charge in [0.05, 0.1) is 10.6 Å². The summed E-state index contributed by atoms with van der Waals surface area (Å²) in [4.78, 5) is 12.2. The molecule has 0 spiro atoms. The molecule has 0 aliphatic carbocycles. The molecule has 3 aromatic carbocycles. The molecule has 6 heteroatoms. The molecule has 0 unspecified atom stereocenters. The van der Waals surface area contributed by atoms with Gasteiger partial charge >= 0.3 is 0 Å². The molecular formula is C23H19ClN2O3. The summed E-state index contributed by atoms with van der Waals surface area (Å²) < 4.78 is 11.9. The Bertz CT molecular complexity index is 1050. The van der Waals surface area contributed by atoms with Crippen LogP contribution >= 0.6 is 11.6 Å². The van der Waals surface area contributed by atoms with Gasteiger partial charge in [0.2, 0.25) is 18.0 Å². The molecule has 0 aromatic heterocycles. The Morgan fingerprint density at radius 2 is 1.83 bits per heavy atom. The molecule has 146 valence electrons. The fourth-order valence-corrected chi connectivity index (χ4v) is 3.24. The van der Waals surface area contributed by atoms with Gasteiger partial charge in [-0.2, -0.15) is 5.01 Å². The first-order valence-corrected chi connectivity index (χ1v) is 9.56. The number of benzene rings is 3. The molecule has 29 heavy (non-hydrogen) atoms. The molecule has 1 heterocycles. The van der Waals surface area contributed by atoms with Gasteiger partial charge in [-0.25, -0.2) is 0 Å². The summed E-state index contributed by atoms with van der Waals surface area (Å²) in [5, 5.41) is 6.18. The van der Waals surface area contributed by atoms with Gasteiger partial charge in [-0.05, 0) is 29.8 Å². The Hall–Kier alpha value is -3.31. The number of rotatable bonds is 5. The Morgan fingerprint density at radius 3 is 2.59 bits per heavy atom. The zero-order valence-corrected chi connectivity index (χ0v) is 16.5. The average Bonchev–Trinajstić information content (AvgIpc) is 3.19. The molecule has 0 bridgehead atoms. The number of amides is 1. The third kappa shape index (κ3) is 4.25. The van der Waals surface area contributed by atoms with Crippen LogP contribution in [0.5, 0.6) is 5.75 Å². The zero-order chi connectivity index (χ0) is 20.2. The first kappa shape index (κ1) is 19.0. The molecule has 0 fully saturated rings. The molecule has 0 saturated carbocycles. The molecule has 4 rings (SSSR count). The van der Waals surface area contributed by atoms with E-state index in [1.54, 1.807) is 12.1 Å². The SMILES string of the molecule is CC(=O)N1N=C(c2ccccc2Cl)O[C@@H]1c1cccc(OCc2ccccc2)c1. The van der Waals surface area contributed by atoms with Crippen molar-refractivity contribution in [3.8, 4) is 5.75 Å². The van der Waals surface area contributed by atoms with Crippen LogP contribution in [-0.2, 0) is 16.1 Å². The summed E-state index contributed by atoms with van der Waals surface area (Å²) in [5.74, 6) is 0.767. The topological polar surface area (TPSA) is 51.1 Å². The van der Waals surface area contributed by atoms with Gasteiger partial charge in [0.15, 0.2) is 0 Å². The third-order valence-corrected chi connectivity index (χ3v) is 4.79. The number of halogens is 1. The summed E-state index contributed by atoms with van der Waals surface area (Å²) in [6.45, 7) is 1.90. The Kier molecular flexibility index (Phi) is 5.49. The fraction of sp³-hybridized carbons (Fsp3) is 0.130. The summed E-state index contributed by atoms with van der Waals surface area (Å²) in [7, 11) is 0. The van der Waals surface area contributed by atoms with Gasteiger partial charge in [-0.3, -0.25) is 4.79 Å². The van der Waals surface area contributed by atoms with Gasteiger partial charge in [0, 0.05) is 12.5 Å². The molecule has 1 amide bonds. The van der Waals surface area contributed by atoms with Crippen LogP contribution in [0, 0.1) is 0 Å². The van der Waals surface area contributed by atoms with E-state index < -0.39 is 6.23 Å². The molecule has 1 aliphatic heterocycles. The quantitative estimate of drug-likeness (QED) is 0.588. The second-order valence-corrected chi connectivity index (χ2v) is 6.97. The summed E-state index contributed by atoms with van der Waals surface area (Å²) in [5.41, 5.74) is 2.47. The lowest BCUT2D eigenvalue weighted by Gasteiger charge is -2.20. The van der Waals surface area contributed by atoms with Gasteiger partial charge < -0.3 is 9.47 Å². The highest BCUT2D eigenvalue weighted by Crippen LogP contribution is 2.33. The van der Waals surface area contributed by atoms with E-state index in [1.807, 2.05) is 66.7 Å². The fourth-order valence-electron chi connectivity index (χ4n) is 3.03. The number of carbonyl (C=O) groups excluding carboxylic acids is 1. The average molecular weight is 407 g/mol. The van der Waals surface area contributed by atoms with E-state index in [0.29, 0.717) is 28.8 Å². The molecule has 1 aliphatic rings. The van der Waals surface area contributed by atoms with Crippen molar-refractivity contribution >= 4 is 23.4 Å². The van der Waals surface area contributed by atoms with Crippen molar-refractivity contribution < 1.29 is 14.3 Å². The number of hydrazone groups is 1. The van der Waals surface area contributed by atoms with Crippen LogP contribution in [-0.4, -0.2) is 16.8 Å². The number of hydrogen-bond acceptors (Lipinski definition) is 4. The first-order valence-electron chi connectivity index (χ1n) is 9.18. The van der Waals surface area contributed by atoms with Gasteiger partial charge in [0.25, 0.3) is 0 Å². The standard InChI is InChI=1S/C23H19ClN2O3/c1-16(27)26-23(29-22(25-26)20-12-5-6-13-21(20)24)18-10-7-11-19(14-18)28-15-17-8-3-2-4-9-17/h2-14,23H,15H2,1H3/t23-/m1/s1. The van der Waals surface area contributed by atoms with Crippen LogP contribution in [0.4, 0.5) is 0 Å². The van der Waals surface area contributed by atoms with E-state index >= 15 is 0 Å². The van der Waals surface area contributed by atoms with Crippen molar-refractivity contribution in [2.45, 2.75) is 19.8 Å². The van der Waals surface area contributed by atoms with E-state index in [9.17, 15) is 4.79 Å².